The van der Waals surface area contributed by atoms with Crippen molar-refractivity contribution in [1.29, 1.82) is 0 Å². The summed E-state index contributed by atoms with van der Waals surface area (Å²) >= 11 is 0. The van der Waals surface area contributed by atoms with Gasteiger partial charge in [0, 0.05) is 12.6 Å². The van der Waals surface area contributed by atoms with Gasteiger partial charge in [0.15, 0.2) is 0 Å². The summed E-state index contributed by atoms with van der Waals surface area (Å²) in [5, 5.41) is 0. The van der Waals surface area contributed by atoms with Gasteiger partial charge in [-0.05, 0) is 6.42 Å². The number of carbonyl (C=O) groups is 1. The van der Waals surface area contributed by atoms with E-state index >= 15 is 0 Å². The number of amides is 1. The van der Waals surface area contributed by atoms with Crippen molar-refractivity contribution in [3.63, 3.8) is 0 Å². The molecule has 1 aliphatic heterocycles. The minimum atomic E-state index is -0.936. The van der Waals surface area contributed by atoms with Gasteiger partial charge in [-0.25, -0.2) is 4.39 Å². The number of nitrogens with zero attached hydrogens (tertiary/aromatic N) is 1. The molecular weight excluding hydrogens is 135 g/mol. The van der Waals surface area contributed by atoms with Crippen LogP contribution in [0, 0.1) is 0 Å². The van der Waals surface area contributed by atoms with Crippen LogP contribution in [0.5, 0.6) is 0 Å². The molecule has 0 aromatic heterocycles. The molecule has 1 fully saturated rings. The smallest absolute Gasteiger partial charge is 0.209 e. The molecular formula is C6H11FN2O. The molecule has 0 spiro atoms. The Morgan fingerprint density at radius 2 is 2.30 bits per heavy atom. The Balaban J connectivity index is 2.42. The van der Waals surface area contributed by atoms with Gasteiger partial charge in [-0.15, -0.1) is 0 Å². The molecule has 0 radical (unpaired) electrons. The summed E-state index contributed by atoms with van der Waals surface area (Å²) in [6.45, 7) is 0.696. The molecule has 1 aliphatic rings. The molecule has 3 nitrogen and oxygen atoms in total. The van der Waals surface area contributed by atoms with Gasteiger partial charge < -0.3 is 10.6 Å². The first-order valence-corrected chi connectivity index (χ1v) is 3.31. The maximum atomic E-state index is 12.6. The molecule has 0 aromatic carbocycles. The van der Waals surface area contributed by atoms with E-state index in [-0.39, 0.29) is 12.6 Å². The van der Waals surface area contributed by atoms with Crippen LogP contribution in [0.3, 0.4) is 0 Å². The number of hydrogen-bond donors (Lipinski definition) is 1. The van der Waals surface area contributed by atoms with Gasteiger partial charge >= 0.3 is 0 Å². The number of halogens is 1. The first kappa shape index (κ1) is 7.47. The monoisotopic (exact) mass is 146 g/mol. The molecule has 0 aliphatic carbocycles. The van der Waals surface area contributed by atoms with Gasteiger partial charge in [0.25, 0.3) is 0 Å². The Bertz CT molecular complexity index is 121. The fourth-order valence-electron chi connectivity index (χ4n) is 1.19. The van der Waals surface area contributed by atoms with Gasteiger partial charge in [-0.1, -0.05) is 0 Å². The minimum absolute atomic E-state index is 0.186. The molecule has 1 rings (SSSR count). The Hall–Kier alpha value is -0.640. The van der Waals surface area contributed by atoms with Crippen LogP contribution in [0.4, 0.5) is 4.39 Å². The standard InChI is InChI=1S/C6H11FN2O/c7-5-1-6(8)3-9(2-5)4-10/h4-6H,1-3,8H2/t5-,6-/m1/s1. The highest BCUT2D eigenvalue weighted by Gasteiger charge is 2.23. The molecule has 10 heavy (non-hydrogen) atoms. The number of alkyl halides is 1. The Labute approximate surface area is 59.0 Å². The number of likely N-dealkylation sites (tertiary alicyclic amines) is 1. The largest absolute Gasteiger partial charge is 0.341 e. The highest BCUT2D eigenvalue weighted by Crippen LogP contribution is 2.09. The molecule has 0 saturated carbocycles. The van der Waals surface area contributed by atoms with E-state index in [2.05, 4.69) is 0 Å². The number of carbonyl (C=O) groups excluding carboxylic acids is 1. The second kappa shape index (κ2) is 2.96. The maximum Gasteiger partial charge on any atom is 0.209 e. The SMILES string of the molecule is N[C@@H]1C[C@@H](F)CN(C=O)C1. The van der Waals surface area contributed by atoms with Crippen LogP contribution < -0.4 is 5.73 Å². The fourth-order valence-corrected chi connectivity index (χ4v) is 1.19. The Morgan fingerprint density at radius 1 is 1.60 bits per heavy atom. The van der Waals surface area contributed by atoms with Gasteiger partial charge in [-0.2, -0.15) is 0 Å². The van der Waals surface area contributed by atoms with Crippen LogP contribution >= 0.6 is 0 Å². The van der Waals surface area contributed by atoms with Crippen molar-refractivity contribution >= 4 is 6.41 Å². The van der Waals surface area contributed by atoms with E-state index in [1.54, 1.807) is 0 Å². The van der Waals surface area contributed by atoms with E-state index in [0.29, 0.717) is 19.4 Å². The number of hydrogen-bond acceptors (Lipinski definition) is 2. The number of rotatable bonds is 1. The van der Waals surface area contributed by atoms with Crippen molar-refractivity contribution in [1.82, 2.24) is 4.90 Å². The van der Waals surface area contributed by atoms with Crippen molar-refractivity contribution in [2.75, 3.05) is 13.1 Å². The van der Waals surface area contributed by atoms with E-state index in [1.807, 2.05) is 0 Å². The average molecular weight is 146 g/mol. The number of nitrogens with two attached hydrogens (primary N) is 1. The third-order valence-electron chi connectivity index (χ3n) is 1.61. The van der Waals surface area contributed by atoms with Crippen molar-refractivity contribution in [3.8, 4) is 0 Å². The first-order chi connectivity index (χ1) is 4.72. The van der Waals surface area contributed by atoms with Crippen LogP contribution in [-0.4, -0.2) is 36.6 Å². The summed E-state index contributed by atoms with van der Waals surface area (Å²) in [6.07, 6.45) is 0.0876. The molecule has 1 heterocycles. The third-order valence-corrected chi connectivity index (χ3v) is 1.61. The molecule has 4 heteroatoms. The zero-order valence-electron chi connectivity index (χ0n) is 5.66. The second-order valence-electron chi connectivity index (χ2n) is 2.65. The maximum absolute atomic E-state index is 12.6. The van der Waals surface area contributed by atoms with E-state index < -0.39 is 6.17 Å². The van der Waals surface area contributed by atoms with Crippen LogP contribution in [0.25, 0.3) is 0 Å². The molecule has 1 amide bonds. The first-order valence-electron chi connectivity index (χ1n) is 3.31. The van der Waals surface area contributed by atoms with Gasteiger partial charge in [-0.3, -0.25) is 4.79 Å². The van der Waals surface area contributed by atoms with Crippen molar-refractivity contribution in [2.24, 2.45) is 5.73 Å². The van der Waals surface area contributed by atoms with Crippen molar-refractivity contribution in [3.05, 3.63) is 0 Å². The molecule has 2 N–H and O–H groups in total. The summed E-state index contributed by atoms with van der Waals surface area (Å²) in [4.78, 5) is 11.5. The summed E-state index contributed by atoms with van der Waals surface area (Å²) in [5.41, 5.74) is 5.45. The Morgan fingerprint density at radius 3 is 2.80 bits per heavy atom. The second-order valence-corrected chi connectivity index (χ2v) is 2.65. The zero-order chi connectivity index (χ0) is 7.56. The molecule has 0 aromatic rings. The van der Waals surface area contributed by atoms with E-state index in [9.17, 15) is 9.18 Å². The van der Waals surface area contributed by atoms with Crippen LogP contribution in [0.2, 0.25) is 0 Å². The van der Waals surface area contributed by atoms with E-state index in [1.165, 1.54) is 4.90 Å². The van der Waals surface area contributed by atoms with Crippen LogP contribution in [0.1, 0.15) is 6.42 Å². The van der Waals surface area contributed by atoms with E-state index in [4.69, 9.17) is 5.73 Å². The molecule has 1 saturated heterocycles. The summed E-state index contributed by atoms with van der Waals surface area (Å²) < 4.78 is 12.6. The van der Waals surface area contributed by atoms with Crippen molar-refractivity contribution < 1.29 is 9.18 Å². The van der Waals surface area contributed by atoms with Crippen molar-refractivity contribution in [2.45, 2.75) is 18.6 Å². The molecule has 58 valence electrons. The zero-order valence-corrected chi connectivity index (χ0v) is 5.66. The Kier molecular flexibility index (Phi) is 2.21. The third kappa shape index (κ3) is 1.67. The predicted octanol–water partition coefficient (Wildman–Crippen LogP) is -0.486. The van der Waals surface area contributed by atoms with Gasteiger partial charge in [0.2, 0.25) is 6.41 Å². The van der Waals surface area contributed by atoms with Gasteiger partial charge in [0.05, 0.1) is 6.54 Å². The van der Waals surface area contributed by atoms with Crippen LogP contribution in [0.15, 0.2) is 0 Å². The molecule has 0 unspecified atom stereocenters. The molecule has 2 atom stereocenters. The summed E-state index contributed by atoms with van der Waals surface area (Å²) in [7, 11) is 0. The van der Waals surface area contributed by atoms with Gasteiger partial charge in [0.1, 0.15) is 6.17 Å². The summed E-state index contributed by atoms with van der Waals surface area (Å²) in [6, 6.07) is -0.186. The lowest BCUT2D eigenvalue weighted by atomic mass is 10.1. The molecule has 0 bridgehead atoms. The lowest BCUT2D eigenvalue weighted by molar-refractivity contribution is -0.120. The fraction of sp³-hybridized carbons (Fsp3) is 0.833. The topological polar surface area (TPSA) is 46.3 Å². The lowest BCUT2D eigenvalue weighted by Gasteiger charge is -2.29. The normalized spacial score (nSPS) is 34.0. The average Bonchev–Trinajstić information content (AvgIpc) is 1.85. The quantitative estimate of drug-likeness (QED) is 0.507. The minimum Gasteiger partial charge on any atom is -0.341 e. The highest BCUT2D eigenvalue weighted by molar-refractivity contribution is 5.47. The number of piperidine rings is 1. The van der Waals surface area contributed by atoms with Crippen LogP contribution in [-0.2, 0) is 4.79 Å². The lowest BCUT2D eigenvalue weighted by Crippen LogP contribution is -2.47. The highest BCUT2D eigenvalue weighted by atomic mass is 19.1. The predicted molar refractivity (Wildman–Crippen MR) is 35.1 cm³/mol. The summed E-state index contributed by atoms with van der Waals surface area (Å²) in [5.74, 6) is 0. The van der Waals surface area contributed by atoms with E-state index in [0.717, 1.165) is 0 Å².